The molecule has 2 unspecified atom stereocenters. The Labute approximate surface area is 259 Å². The molecule has 3 N–H and O–H groups in total. The SMILES string of the molecule is COc1ccc(C(OC(OC(c2ccccc2)c2ccc(OC)cc2)[C@@H]2O[C@H](OCCN)CC[C@@H]2O)c2ccccc2)cc1. The fraction of sp³-hybridized carbons (Fsp3) is 0.333. The van der Waals surface area contributed by atoms with E-state index >= 15 is 0 Å². The highest BCUT2D eigenvalue weighted by Gasteiger charge is 2.41. The van der Waals surface area contributed by atoms with Crippen LogP contribution in [0.25, 0.3) is 0 Å². The van der Waals surface area contributed by atoms with Crippen LogP contribution in [0.1, 0.15) is 47.3 Å². The molecule has 0 amide bonds. The first-order valence-corrected chi connectivity index (χ1v) is 14.9. The smallest absolute Gasteiger partial charge is 0.188 e. The van der Waals surface area contributed by atoms with Gasteiger partial charge in [0.2, 0.25) is 0 Å². The Bertz CT molecular complexity index is 1290. The van der Waals surface area contributed by atoms with E-state index in [2.05, 4.69) is 0 Å². The van der Waals surface area contributed by atoms with Crippen molar-refractivity contribution in [3.8, 4) is 11.5 Å². The van der Waals surface area contributed by atoms with E-state index in [-0.39, 0.29) is 0 Å². The molecular weight excluding hydrogens is 558 g/mol. The van der Waals surface area contributed by atoms with Gasteiger partial charge in [0.05, 0.1) is 26.9 Å². The second-order valence-corrected chi connectivity index (χ2v) is 10.6. The third-order valence-corrected chi connectivity index (χ3v) is 7.66. The lowest BCUT2D eigenvalue weighted by Crippen LogP contribution is -2.50. The molecule has 0 aromatic heterocycles. The van der Waals surface area contributed by atoms with Crippen LogP contribution in [-0.2, 0) is 18.9 Å². The first-order chi connectivity index (χ1) is 21.6. The monoisotopic (exact) mass is 599 g/mol. The lowest BCUT2D eigenvalue weighted by molar-refractivity contribution is -0.306. The molecule has 0 spiro atoms. The van der Waals surface area contributed by atoms with Gasteiger partial charge >= 0.3 is 0 Å². The molecule has 1 aliphatic rings. The summed E-state index contributed by atoms with van der Waals surface area (Å²) in [5, 5.41) is 11.3. The number of rotatable bonds is 14. The number of aliphatic hydroxyl groups excluding tert-OH is 1. The summed E-state index contributed by atoms with van der Waals surface area (Å²) in [6.07, 6.45) is -3.34. The zero-order valence-corrected chi connectivity index (χ0v) is 25.2. The summed E-state index contributed by atoms with van der Waals surface area (Å²) in [6.45, 7) is 0.710. The highest BCUT2D eigenvalue weighted by atomic mass is 16.7. The topological polar surface area (TPSA) is 102 Å². The van der Waals surface area contributed by atoms with Crippen LogP contribution in [0.5, 0.6) is 11.5 Å². The molecule has 0 aliphatic carbocycles. The fourth-order valence-electron chi connectivity index (χ4n) is 5.34. The van der Waals surface area contributed by atoms with Gasteiger partial charge in [-0.05, 0) is 52.9 Å². The van der Waals surface area contributed by atoms with Gasteiger partial charge in [-0.15, -0.1) is 0 Å². The van der Waals surface area contributed by atoms with Crippen LogP contribution in [0, 0.1) is 0 Å². The molecule has 232 valence electrons. The van der Waals surface area contributed by atoms with E-state index < -0.39 is 37.0 Å². The largest absolute Gasteiger partial charge is 0.497 e. The van der Waals surface area contributed by atoms with Crippen molar-refractivity contribution in [1.82, 2.24) is 0 Å². The maximum atomic E-state index is 11.3. The molecule has 1 heterocycles. The third kappa shape index (κ3) is 8.04. The molecule has 0 radical (unpaired) electrons. The van der Waals surface area contributed by atoms with E-state index in [1.54, 1.807) is 14.2 Å². The zero-order valence-electron chi connectivity index (χ0n) is 25.2. The minimum atomic E-state index is -1.01. The van der Waals surface area contributed by atoms with E-state index in [9.17, 15) is 5.11 Å². The van der Waals surface area contributed by atoms with Gasteiger partial charge in [0, 0.05) is 13.0 Å². The quantitative estimate of drug-likeness (QED) is 0.176. The molecule has 8 heteroatoms. The van der Waals surface area contributed by atoms with Crippen LogP contribution in [0.4, 0.5) is 0 Å². The Morgan fingerprint density at radius 1 is 0.682 bits per heavy atom. The van der Waals surface area contributed by atoms with Crippen LogP contribution >= 0.6 is 0 Å². The van der Waals surface area contributed by atoms with Gasteiger partial charge in [0.1, 0.15) is 29.8 Å². The van der Waals surface area contributed by atoms with Crippen LogP contribution < -0.4 is 15.2 Å². The lowest BCUT2D eigenvalue weighted by Gasteiger charge is -2.40. The van der Waals surface area contributed by atoms with E-state index in [0.29, 0.717) is 26.0 Å². The maximum absolute atomic E-state index is 11.3. The molecule has 1 aliphatic heterocycles. The van der Waals surface area contributed by atoms with Crippen LogP contribution in [0.15, 0.2) is 109 Å². The van der Waals surface area contributed by atoms with Crippen molar-refractivity contribution >= 4 is 0 Å². The Balaban J connectivity index is 1.55. The highest BCUT2D eigenvalue weighted by Crippen LogP contribution is 2.37. The zero-order chi connectivity index (χ0) is 30.7. The molecule has 4 aromatic rings. The lowest BCUT2D eigenvalue weighted by atomic mass is 9.99. The summed E-state index contributed by atoms with van der Waals surface area (Å²) in [5.41, 5.74) is 9.34. The van der Waals surface area contributed by atoms with Crippen molar-refractivity contribution in [1.29, 1.82) is 0 Å². The van der Waals surface area contributed by atoms with E-state index in [0.717, 1.165) is 33.8 Å². The summed E-state index contributed by atoms with van der Waals surface area (Å²) in [4.78, 5) is 0. The minimum absolute atomic E-state index is 0.344. The van der Waals surface area contributed by atoms with Crippen molar-refractivity contribution in [2.24, 2.45) is 5.73 Å². The predicted molar refractivity (Wildman–Crippen MR) is 167 cm³/mol. The van der Waals surface area contributed by atoms with Crippen molar-refractivity contribution in [2.45, 2.75) is 49.8 Å². The number of aliphatic hydroxyl groups is 1. The predicted octanol–water partition coefficient (Wildman–Crippen LogP) is 5.78. The maximum Gasteiger partial charge on any atom is 0.188 e. The van der Waals surface area contributed by atoms with Crippen molar-refractivity contribution < 1.29 is 33.5 Å². The fourth-order valence-corrected chi connectivity index (χ4v) is 5.34. The Morgan fingerprint density at radius 2 is 1.14 bits per heavy atom. The van der Waals surface area contributed by atoms with Crippen LogP contribution in [-0.4, -0.2) is 57.3 Å². The first kappa shape index (κ1) is 31.7. The second kappa shape index (κ2) is 15.8. The van der Waals surface area contributed by atoms with Gasteiger partial charge in [-0.25, -0.2) is 0 Å². The molecule has 5 rings (SSSR count). The molecule has 0 saturated carbocycles. The average molecular weight is 600 g/mol. The summed E-state index contributed by atoms with van der Waals surface area (Å²) >= 11 is 0. The van der Waals surface area contributed by atoms with E-state index in [1.807, 2.05) is 109 Å². The minimum Gasteiger partial charge on any atom is -0.497 e. The molecular formula is C36H41NO7. The number of hydrogen-bond acceptors (Lipinski definition) is 8. The molecule has 0 bridgehead atoms. The Hall–Kier alpha value is -3.76. The normalized spacial score (nSPS) is 20.4. The number of nitrogens with two attached hydrogens (primary N) is 1. The van der Waals surface area contributed by atoms with Gasteiger partial charge in [-0.3, -0.25) is 0 Å². The van der Waals surface area contributed by atoms with E-state index in [1.165, 1.54) is 0 Å². The van der Waals surface area contributed by atoms with Gasteiger partial charge in [-0.1, -0.05) is 84.9 Å². The van der Waals surface area contributed by atoms with Gasteiger partial charge in [-0.2, -0.15) is 0 Å². The van der Waals surface area contributed by atoms with Crippen LogP contribution in [0.2, 0.25) is 0 Å². The van der Waals surface area contributed by atoms with Gasteiger partial charge in [0.25, 0.3) is 0 Å². The van der Waals surface area contributed by atoms with Crippen molar-refractivity contribution in [2.75, 3.05) is 27.4 Å². The molecule has 8 nitrogen and oxygen atoms in total. The summed E-state index contributed by atoms with van der Waals surface area (Å²) in [7, 11) is 3.27. The molecule has 4 aromatic carbocycles. The van der Waals surface area contributed by atoms with Crippen LogP contribution in [0.3, 0.4) is 0 Å². The second-order valence-electron chi connectivity index (χ2n) is 10.6. The molecule has 5 atom stereocenters. The van der Waals surface area contributed by atoms with Crippen molar-refractivity contribution in [3.05, 3.63) is 131 Å². The summed E-state index contributed by atoms with van der Waals surface area (Å²) in [5.74, 6) is 1.48. The molecule has 1 fully saturated rings. The van der Waals surface area contributed by atoms with Gasteiger partial charge < -0.3 is 39.3 Å². The number of hydrogen-bond donors (Lipinski definition) is 2. The first-order valence-electron chi connectivity index (χ1n) is 14.9. The molecule has 1 saturated heterocycles. The average Bonchev–Trinajstić information content (AvgIpc) is 3.09. The van der Waals surface area contributed by atoms with E-state index in [4.69, 9.17) is 34.2 Å². The Kier molecular flexibility index (Phi) is 11.4. The number of benzene rings is 4. The van der Waals surface area contributed by atoms with Gasteiger partial charge in [0.15, 0.2) is 12.6 Å². The number of methoxy groups -OCH3 is 2. The standard InChI is InChI=1S/C36H41NO7/c1-39-29-17-13-27(14-18-29)33(25-9-5-3-6-10-25)43-36(35-31(38)21-22-32(42-35)41-24-23-37)44-34(26-11-7-4-8-12-26)28-15-19-30(40-2)20-16-28/h3-20,31-36,38H,21-24,37H2,1-2H3/t31-,32-,33?,34?,35+,36?/m0/s1. The summed E-state index contributed by atoms with van der Waals surface area (Å²) in [6, 6.07) is 35.3. The third-order valence-electron chi connectivity index (χ3n) is 7.66. The van der Waals surface area contributed by atoms with Crippen molar-refractivity contribution in [3.63, 3.8) is 0 Å². The number of ether oxygens (including phenoxy) is 6. The highest BCUT2D eigenvalue weighted by molar-refractivity contribution is 5.36. The summed E-state index contributed by atoms with van der Waals surface area (Å²) < 4.78 is 36.9. The molecule has 44 heavy (non-hydrogen) atoms. The Morgan fingerprint density at radius 3 is 1.57 bits per heavy atom.